The van der Waals surface area contributed by atoms with Crippen molar-refractivity contribution in [2.75, 3.05) is 12.4 Å². The molecule has 1 fully saturated rings. The van der Waals surface area contributed by atoms with Crippen molar-refractivity contribution < 1.29 is 9.53 Å². The number of carbonyl (C=O) groups excluding carboxylic acids is 1. The van der Waals surface area contributed by atoms with E-state index in [0.717, 1.165) is 29.2 Å². The van der Waals surface area contributed by atoms with Gasteiger partial charge in [0, 0.05) is 11.5 Å². The van der Waals surface area contributed by atoms with E-state index in [9.17, 15) is 4.79 Å². The van der Waals surface area contributed by atoms with E-state index < -0.39 is 0 Å². The SMILES string of the molecule is COc1ccc(-c2[nH]ncc2C(=O)Nc2nnc(C3CC3)s2)cc1. The third-order valence-corrected chi connectivity index (χ3v) is 4.85. The number of aromatic amines is 1. The fourth-order valence-corrected chi connectivity index (χ4v) is 3.29. The Kier molecular flexibility index (Phi) is 3.73. The zero-order valence-electron chi connectivity index (χ0n) is 12.9. The molecule has 7 nitrogen and oxygen atoms in total. The smallest absolute Gasteiger partial charge is 0.261 e. The maximum absolute atomic E-state index is 12.5. The summed E-state index contributed by atoms with van der Waals surface area (Å²) in [6, 6.07) is 7.42. The zero-order valence-corrected chi connectivity index (χ0v) is 13.8. The lowest BCUT2D eigenvalue weighted by Gasteiger charge is -2.04. The molecule has 8 heteroatoms. The van der Waals surface area contributed by atoms with Gasteiger partial charge in [-0.15, -0.1) is 10.2 Å². The number of rotatable bonds is 5. The summed E-state index contributed by atoms with van der Waals surface area (Å²) in [5.41, 5.74) is 1.97. The number of H-pyrrole nitrogens is 1. The lowest BCUT2D eigenvalue weighted by atomic mass is 10.1. The summed E-state index contributed by atoms with van der Waals surface area (Å²) in [6.07, 6.45) is 3.83. The Balaban J connectivity index is 1.54. The van der Waals surface area contributed by atoms with Crippen LogP contribution in [-0.4, -0.2) is 33.4 Å². The number of benzene rings is 1. The zero-order chi connectivity index (χ0) is 16.5. The molecule has 2 aromatic heterocycles. The topological polar surface area (TPSA) is 92.8 Å². The summed E-state index contributed by atoms with van der Waals surface area (Å²) in [5.74, 6) is 1.02. The average molecular weight is 341 g/mol. The summed E-state index contributed by atoms with van der Waals surface area (Å²) in [6.45, 7) is 0. The Labute approximate surface area is 142 Å². The normalized spacial score (nSPS) is 13.7. The number of hydrogen-bond acceptors (Lipinski definition) is 6. The van der Waals surface area contributed by atoms with Gasteiger partial charge in [-0.25, -0.2) is 0 Å². The second-order valence-electron chi connectivity index (χ2n) is 5.56. The second kappa shape index (κ2) is 6.04. The number of ether oxygens (including phenoxy) is 1. The van der Waals surface area contributed by atoms with Crippen LogP contribution < -0.4 is 10.1 Å². The molecule has 0 saturated heterocycles. The minimum Gasteiger partial charge on any atom is -0.497 e. The van der Waals surface area contributed by atoms with E-state index in [0.29, 0.717) is 22.3 Å². The molecule has 3 aromatic rings. The number of aromatic nitrogens is 4. The van der Waals surface area contributed by atoms with E-state index in [1.165, 1.54) is 17.5 Å². The van der Waals surface area contributed by atoms with E-state index in [-0.39, 0.29) is 5.91 Å². The summed E-state index contributed by atoms with van der Waals surface area (Å²) in [7, 11) is 1.61. The van der Waals surface area contributed by atoms with Gasteiger partial charge in [-0.1, -0.05) is 11.3 Å². The molecule has 2 heterocycles. The van der Waals surface area contributed by atoms with Gasteiger partial charge in [0.2, 0.25) is 5.13 Å². The third kappa shape index (κ3) is 2.88. The molecule has 1 aliphatic rings. The number of nitrogens with one attached hydrogen (secondary N) is 2. The van der Waals surface area contributed by atoms with Crippen LogP contribution in [0.25, 0.3) is 11.3 Å². The van der Waals surface area contributed by atoms with E-state index in [4.69, 9.17) is 4.74 Å². The van der Waals surface area contributed by atoms with E-state index >= 15 is 0 Å². The first-order valence-electron chi connectivity index (χ1n) is 7.57. The fraction of sp³-hybridized carbons (Fsp3) is 0.250. The predicted molar refractivity (Wildman–Crippen MR) is 90.4 cm³/mol. The highest BCUT2D eigenvalue weighted by molar-refractivity contribution is 7.15. The summed E-state index contributed by atoms with van der Waals surface area (Å²) in [5, 5.41) is 19.4. The van der Waals surface area contributed by atoms with Crippen LogP contribution in [0.5, 0.6) is 5.75 Å². The van der Waals surface area contributed by atoms with Crippen LogP contribution in [0, 0.1) is 0 Å². The van der Waals surface area contributed by atoms with Gasteiger partial charge in [0.1, 0.15) is 10.8 Å². The van der Waals surface area contributed by atoms with Crippen LogP contribution >= 0.6 is 11.3 Å². The largest absolute Gasteiger partial charge is 0.497 e. The Morgan fingerprint density at radius 2 is 2.08 bits per heavy atom. The van der Waals surface area contributed by atoms with Crippen molar-refractivity contribution in [1.82, 2.24) is 20.4 Å². The number of anilines is 1. The maximum Gasteiger partial charge on any atom is 0.261 e. The van der Waals surface area contributed by atoms with Gasteiger partial charge in [-0.2, -0.15) is 5.10 Å². The first-order chi connectivity index (χ1) is 11.7. The second-order valence-corrected chi connectivity index (χ2v) is 6.57. The molecule has 1 aliphatic carbocycles. The van der Waals surface area contributed by atoms with Crippen LogP contribution in [-0.2, 0) is 0 Å². The highest BCUT2D eigenvalue weighted by Crippen LogP contribution is 2.42. The first kappa shape index (κ1) is 14.8. The van der Waals surface area contributed by atoms with Crippen LogP contribution in [0.2, 0.25) is 0 Å². The molecule has 0 atom stereocenters. The van der Waals surface area contributed by atoms with Crippen molar-refractivity contribution >= 4 is 22.4 Å². The third-order valence-electron chi connectivity index (χ3n) is 3.85. The molecule has 2 N–H and O–H groups in total. The van der Waals surface area contributed by atoms with Gasteiger partial charge in [0.15, 0.2) is 0 Å². The van der Waals surface area contributed by atoms with Crippen LogP contribution in [0.4, 0.5) is 5.13 Å². The van der Waals surface area contributed by atoms with Crippen LogP contribution in [0.15, 0.2) is 30.5 Å². The molecule has 0 spiro atoms. The number of hydrogen-bond donors (Lipinski definition) is 2. The van der Waals surface area contributed by atoms with E-state index in [2.05, 4.69) is 25.7 Å². The lowest BCUT2D eigenvalue weighted by Crippen LogP contribution is -2.12. The van der Waals surface area contributed by atoms with Crippen LogP contribution in [0.3, 0.4) is 0 Å². The Morgan fingerprint density at radius 1 is 1.29 bits per heavy atom. The average Bonchev–Trinajstić information content (AvgIpc) is 3.16. The molecule has 1 amide bonds. The van der Waals surface area contributed by atoms with Gasteiger partial charge in [0.05, 0.1) is 24.6 Å². The van der Waals surface area contributed by atoms with Gasteiger partial charge in [-0.3, -0.25) is 15.2 Å². The molecule has 122 valence electrons. The molecule has 1 saturated carbocycles. The summed E-state index contributed by atoms with van der Waals surface area (Å²) < 4.78 is 5.15. The molecular weight excluding hydrogens is 326 g/mol. The van der Waals surface area contributed by atoms with Gasteiger partial charge in [-0.05, 0) is 37.1 Å². The minimum absolute atomic E-state index is 0.256. The molecule has 0 unspecified atom stereocenters. The van der Waals surface area contributed by atoms with Crippen molar-refractivity contribution in [3.63, 3.8) is 0 Å². The van der Waals surface area contributed by atoms with Gasteiger partial charge < -0.3 is 4.74 Å². The quantitative estimate of drug-likeness (QED) is 0.744. The van der Waals surface area contributed by atoms with E-state index in [1.54, 1.807) is 7.11 Å². The molecule has 1 aromatic carbocycles. The highest BCUT2D eigenvalue weighted by Gasteiger charge is 2.28. The standard InChI is InChI=1S/C16H15N5O2S/c1-23-11-6-4-9(5-7-11)13-12(8-17-19-13)14(22)18-16-21-20-15(24-16)10-2-3-10/h4-8,10H,2-3H2,1H3,(H,17,19)(H,18,21,22). The molecule has 4 rings (SSSR count). The van der Waals surface area contributed by atoms with Crippen molar-refractivity contribution in [1.29, 1.82) is 0 Å². The first-order valence-corrected chi connectivity index (χ1v) is 8.39. The van der Waals surface area contributed by atoms with Crippen LogP contribution in [0.1, 0.15) is 34.1 Å². The maximum atomic E-state index is 12.5. The predicted octanol–water partition coefficient (Wildman–Crippen LogP) is 3.07. The van der Waals surface area contributed by atoms with Crippen molar-refractivity contribution in [3.8, 4) is 17.0 Å². The molecule has 0 aliphatic heterocycles. The highest BCUT2D eigenvalue weighted by atomic mass is 32.1. The van der Waals surface area contributed by atoms with E-state index in [1.807, 2.05) is 24.3 Å². The monoisotopic (exact) mass is 341 g/mol. The van der Waals surface area contributed by atoms with Crippen molar-refractivity contribution in [2.24, 2.45) is 0 Å². The lowest BCUT2D eigenvalue weighted by molar-refractivity contribution is 0.102. The number of amides is 1. The van der Waals surface area contributed by atoms with Crippen molar-refractivity contribution in [2.45, 2.75) is 18.8 Å². The van der Waals surface area contributed by atoms with Gasteiger partial charge >= 0.3 is 0 Å². The molecular formula is C16H15N5O2S. The number of methoxy groups -OCH3 is 1. The summed E-state index contributed by atoms with van der Waals surface area (Å²) >= 11 is 1.43. The molecule has 0 bridgehead atoms. The Morgan fingerprint density at radius 3 is 2.79 bits per heavy atom. The minimum atomic E-state index is -0.256. The molecule has 0 radical (unpaired) electrons. The number of nitrogens with zero attached hydrogens (tertiary/aromatic N) is 3. The summed E-state index contributed by atoms with van der Waals surface area (Å²) in [4.78, 5) is 12.5. The van der Waals surface area contributed by atoms with Crippen molar-refractivity contribution in [3.05, 3.63) is 41.0 Å². The Bertz CT molecular complexity index is 867. The molecule has 24 heavy (non-hydrogen) atoms. The van der Waals surface area contributed by atoms with Gasteiger partial charge in [0.25, 0.3) is 5.91 Å². The fourth-order valence-electron chi connectivity index (χ4n) is 2.38. The Hall–Kier alpha value is -2.74. The number of carbonyl (C=O) groups is 1.